The van der Waals surface area contributed by atoms with Gasteiger partial charge in [-0.05, 0) is 71.8 Å². The lowest BCUT2D eigenvalue weighted by molar-refractivity contribution is -0.384. The molecule has 4 rings (SSSR count). The summed E-state index contributed by atoms with van der Waals surface area (Å²) in [6.45, 7) is 1.71. The lowest BCUT2D eigenvalue weighted by Gasteiger charge is -2.09. The van der Waals surface area contributed by atoms with Gasteiger partial charge in [-0.3, -0.25) is 10.1 Å². The molecule has 0 saturated carbocycles. The molecule has 0 radical (unpaired) electrons. The highest BCUT2D eigenvalue weighted by Crippen LogP contribution is 2.39. The van der Waals surface area contributed by atoms with Gasteiger partial charge in [-0.2, -0.15) is 0 Å². The molecule has 0 unspecified atom stereocenters. The number of unbranched alkanes of at least 4 members (excludes halogenated alkanes) is 3. The number of nitrogens with zero attached hydrogens (tertiary/aromatic N) is 1. The normalized spacial score (nSPS) is 11.6. The van der Waals surface area contributed by atoms with E-state index in [2.05, 4.69) is 29.6 Å². The van der Waals surface area contributed by atoms with Gasteiger partial charge >= 0.3 is 0 Å². The third-order valence-corrected chi connectivity index (χ3v) is 5.49. The number of fused-ring (bicyclic) bond motifs is 3. The Morgan fingerprint density at radius 1 is 0.867 bits per heavy atom. The summed E-state index contributed by atoms with van der Waals surface area (Å²) in [6.07, 6.45) is 5.24. The third-order valence-electron chi connectivity index (χ3n) is 5.49. The summed E-state index contributed by atoms with van der Waals surface area (Å²) in [6, 6.07) is 21.5. The van der Waals surface area contributed by atoms with E-state index in [-0.39, 0.29) is 10.6 Å². The summed E-state index contributed by atoms with van der Waals surface area (Å²) in [5.41, 5.74) is 5.76. The van der Waals surface area contributed by atoms with Crippen LogP contribution in [0.4, 0.5) is 11.4 Å². The lowest BCUT2D eigenvalue weighted by Crippen LogP contribution is -2.02. The van der Waals surface area contributed by atoms with E-state index in [9.17, 15) is 10.1 Å². The van der Waals surface area contributed by atoms with Gasteiger partial charge in [-0.25, -0.2) is 0 Å². The van der Waals surface area contributed by atoms with E-state index in [1.807, 2.05) is 30.3 Å². The molecule has 1 aliphatic rings. The van der Waals surface area contributed by atoms with Crippen molar-refractivity contribution in [1.82, 2.24) is 0 Å². The van der Waals surface area contributed by atoms with Crippen molar-refractivity contribution in [2.24, 2.45) is 0 Å². The highest BCUT2D eigenvalue weighted by molar-refractivity contribution is 5.78. The van der Waals surface area contributed by atoms with Crippen LogP contribution in [0, 0.1) is 10.1 Å². The minimum atomic E-state index is -0.338. The summed E-state index contributed by atoms with van der Waals surface area (Å²) in [5.74, 6) is 0.877. The largest absolute Gasteiger partial charge is 0.494 e. The van der Waals surface area contributed by atoms with Gasteiger partial charge in [0.1, 0.15) is 5.75 Å². The van der Waals surface area contributed by atoms with Crippen molar-refractivity contribution in [1.29, 1.82) is 0 Å². The van der Waals surface area contributed by atoms with Gasteiger partial charge in [0.15, 0.2) is 0 Å². The van der Waals surface area contributed by atoms with Crippen molar-refractivity contribution in [3.05, 3.63) is 88.0 Å². The molecule has 0 heterocycles. The number of para-hydroxylation sites is 1. The average Bonchev–Trinajstić information content (AvgIpc) is 3.13. The molecule has 1 aliphatic carbocycles. The fraction of sp³-hybridized carbons (Fsp3) is 0.280. The molecule has 5 nitrogen and oxygen atoms in total. The maximum atomic E-state index is 11.0. The molecule has 0 saturated heterocycles. The van der Waals surface area contributed by atoms with Gasteiger partial charge in [0, 0.05) is 24.4 Å². The molecule has 5 heteroatoms. The van der Waals surface area contributed by atoms with Gasteiger partial charge in [0.25, 0.3) is 5.69 Å². The van der Waals surface area contributed by atoms with Crippen LogP contribution < -0.4 is 10.1 Å². The fourth-order valence-corrected chi connectivity index (χ4v) is 3.94. The molecule has 0 aliphatic heterocycles. The van der Waals surface area contributed by atoms with Crippen LogP contribution in [-0.4, -0.2) is 18.1 Å². The fourth-order valence-electron chi connectivity index (χ4n) is 3.94. The average molecular weight is 402 g/mol. The molecule has 0 bridgehead atoms. The SMILES string of the molecule is O=[N+]([O-])c1ccc2c(c1)Cc1cc(OCCCCCCNc3ccccc3)ccc1-2. The maximum absolute atomic E-state index is 11.0. The number of hydrogen-bond donors (Lipinski definition) is 1. The zero-order chi connectivity index (χ0) is 20.8. The van der Waals surface area contributed by atoms with Crippen LogP contribution in [0.25, 0.3) is 11.1 Å². The molecular weight excluding hydrogens is 376 g/mol. The molecule has 0 spiro atoms. The number of hydrogen-bond acceptors (Lipinski definition) is 4. The maximum Gasteiger partial charge on any atom is 0.269 e. The molecule has 30 heavy (non-hydrogen) atoms. The highest BCUT2D eigenvalue weighted by atomic mass is 16.6. The number of anilines is 1. The number of nitro benzene ring substituents is 1. The zero-order valence-electron chi connectivity index (χ0n) is 17.0. The van der Waals surface area contributed by atoms with Crippen LogP contribution in [0.2, 0.25) is 0 Å². The first-order valence-electron chi connectivity index (χ1n) is 10.5. The van der Waals surface area contributed by atoms with E-state index in [0.717, 1.165) is 54.7 Å². The van der Waals surface area contributed by atoms with E-state index in [4.69, 9.17) is 4.74 Å². The van der Waals surface area contributed by atoms with Crippen molar-refractivity contribution < 1.29 is 9.66 Å². The van der Waals surface area contributed by atoms with Crippen LogP contribution in [0.15, 0.2) is 66.7 Å². The van der Waals surface area contributed by atoms with Crippen LogP contribution in [0.3, 0.4) is 0 Å². The van der Waals surface area contributed by atoms with Gasteiger partial charge in [-0.15, -0.1) is 0 Å². The van der Waals surface area contributed by atoms with Crippen LogP contribution in [0.1, 0.15) is 36.8 Å². The van der Waals surface area contributed by atoms with E-state index in [1.165, 1.54) is 17.7 Å². The van der Waals surface area contributed by atoms with Crippen molar-refractivity contribution in [3.8, 4) is 16.9 Å². The number of nitrogens with one attached hydrogen (secondary N) is 1. The van der Waals surface area contributed by atoms with Crippen LogP contribution in [-0.2, 0) is 6.42 Å². The Balaban J connectivity index is 1.18. The number of non-ortho nitro benzene ring substituents is 1. The second-order valence-electron chi connectivity index (χ2n) is 7.65. The summed E-state index contributed by atoms with van der Waals surface area (Å²) >= 11 is 0. The second-order valence-corrected chi connectivity index (χ2v) is 7.65. The summed E-state index contributed by atoms with van der Waals surface area (Å²) < 4.78 is 5.94. The lowest BCUT2D eigenvalue weighted by atomic mass is 10.1. The Bertz CT molecular complexity index is 1020. The molecule has 0 aromatic heterocycles. The molecule has 154 valence electrons. The first-order chi connectivity index (χ1) is 14.7. The Morgan fingerprint density at radius 3 is 2.40 bits per heavy atom. The molecule has 3 aromatic carbocycles. The number of rotatable bonds is 10. The molecule has 3 aromatic rings. The van der Waals surface area contributed by atoms with Crippen LogP contribution >= 0.6 is 0 Å². The predicted octanol–water partition coefficient (Wildman–Crippen LogP) is 6.22. The number of nitro groups is 1. The van der Waals surface area contributed by atoms with Crippen molar-refractivity contribution in [3.63, 3.8) is 0 Å². The van der Waals surface area contributed by atoms with E-state index in [1.54, 1.807) is 12.1 Å². The first kappa shape index (κ1) is 20.0. The Hall–Kier alpha value is -3.34. The molecule has 0 amide bonds. The number of ether oxygens (including phenoxy) is 1. The zero-order valence-corrected chi connectivity index (χ0v) is 17.0. The standard InChI is InChI=1S/C25H26N2O3/c28-27(29)22-10-12-24-19(17-22)16-20-18-23(11-13-25(20)24)30-15-7-2-1-6-14-26-21-8-4-3-5-9-21/h3-5,8-13,17-18,26H,1-2,6-7,14-16H2. The minimum Gasteiger partial charge on any atom is -0.494 e. The molecular formula is C25H26N2O3. The first-order valence-corrected chi connectivity index (χ1v) is 10.5. The molecule has 0 atom stereocenters. The summed E-state index contributed by atoms with van der Waals surface area (Å²) in [4.78, 5) is 10.7. The summed E-state index contributed by atoms with van der Waals surface area (Å²) in [5, 5.41) is 14.4. The minimum absolute atomic E-state index is 0.150. The van der Waals surface area contributed by atoms with Crippen LogP contribution in [0.5, 0.6) is 5.75 Å². The van der Waals surface area contributed by atoms with Crippen molar-refractivity contribution in [2.45, 2.75) is 32.1 Å². The van der Waals surface area contributed by atoms with E-state index < -0.39 is 0 Å². The second kappa shape index (κ2) is 9.44. The van der Waals surface area contributed by atoms with Gasteiger partial charge in [0.2, 0.25) is 0 Å². The molecule has 1 N–H and O–H groups in total. The van der Waals surface area contributed by atoms with E-state index >= 15 is 0 Å². The topological polar surface area (TPSA) is 64.4 Å². The number of benzene rings is 3. The highest BCUT2D eigenvalue weighted by Gasteiger charge is 2.21. The van der Waals surface area contributed by atoms with Crippen molar-refractivity contribution >= 4 is 11.4 Å². The quantitative estimate of drug-likeness (QED) is 0.194. The summed E-state index contributed by atoms with van der Waals surface area (Å²) in [7, 11) is 0. The van der Waals surface area contributed by atoms with Gasteiger partial charge < -0.3 is 10.1 Å². The van der Waals surface area contributed by atoms with Gasteiger partial charge in [-0.1, -0.05) is 37.1 Å². The monoisotopic (exact) mass is 402 g/mol. The van der Waals surface area contributed by atoms with Gasteiger partial charge in [0.05, 0.1) is 11.5 Å². The van der Waals surface area contributed by atoms with E-state index in [0.29, 0.717) is 6.61 Å². The smallest absolute Gasteiger partial charge is 0.269 e. The Kier molecular flexibility index (Phi) is 6.28. The van der Waals surface area contributed by atoms with Crippen molar-refractivity contribution in [2.75, 3.05) is 18.5 Å². The Morgan fingerprint density at radius 2 is 1.60 bits per heavy atom. The predicted molar refractivity (Wildman–Crippen MR) is 120 cm³/mol. The molecule has 0 fully saturated rings. The Labute approximate surface area is 176 Å². The third kappa shape index (κ3) is 4.79.